The molecule has 1 atom stereocenters. The van der Waals surface area contributed by atoms with Crippen molar-refractivity contribution in [1.29, 1.82) is 5.26 Å². The summed E-state index contributed by atoms with van der Waals surface area (Å²) in [5.74, 6) is 0.383. The molecule has 1 heterocycles. The number of likely N-dealkylation sites (N-methyl/N-ethyl adjacent to an activating group) is 1. The van der Waals surface area contributed by atoms with Gasteiger partial charge in [0.1, 0.15) is 5.75 Å². The van der Waals surface area contributed by atoms with Crippen LogP contribution in [0.3, 0.4) is 0 Å². The van der Waals surface area contributed by atoms with E-state index in [1.807, 2.05) is 6.07 Å². The Bertz CT molecular complexity index is 661. The van der Waals surface area contributed by atoms with E-state index in [0.717, 1.165) is 0 Å². The van der Waals surface area contributed by atoms with E-state index in [2.05, 4.69) is 0 Å². The second-order valence-electron chi connectivity index (χ2n) is 4.99. The summed E-state index contributed by atoms with van der Waals surface area (Å²) in [5, 5.41) is 8.68. The molecular weight excluding hydrogens is 292 g/mol. The number of sulfone groups is 1. The number of carbonyl (C=O) groups excluding carboxylic acids is 1. The van der Waals surface area contributed by atoms with Gasteiger partial charge >= 0.3 is 0 Å². The second kappa shape index (κ2) is 6.14. The molecule has 1 aliphatic rings. The summed E-state index contributed by atoms with van der Waals surface area (Å²) in [6, 6.07) is 8.17. The third-order valence-corrected chi connectivity index (χ3v) is 5.25. The monoisotopic (exact) mass is 308 g/mol. The molecule has 0 N–H and O–H groups in total. The van der Waals surface area contributed by atoms with E-state index in [-0.39, 0.29) is 30.1 Å². The number of benzene rings is 1. The van der Waals surface area contributed by atoms with Crippen LogP contribution in [0.1, 0.15) is 12.0 Å². The molecule has 112 valence electrons. The van der Waals surface area contributed by atoms with Gasteiger partial charge in [0.25, 0.3) is 5.91 Å². The van der Waals surface area contributed by atoms with Crippen molar-refractivity contribution in [3.63, 3.8) is 0 Å². The van der Waals surface area contributed by atoms with Crippen LogP contribution < -0.4 is 4.74 Å². The zero-order chi connectivity index (χ0) is 15.5. The van der Waals surface area contributed by atoms with Crippen LogP contribution in [0.2, 0.25) is 0 Å². The first-order valence-electron chi connectivity index (χ1n) is 6.50. The average Bonchev–Trinajstić information content (AvgIpc) is 2.84. The van der Waals surface area contributed by atoms with Crippen LogP contribution in [0.5, 0.6) is 5.75 Å². The Kier molecular flexibility index (Phi) is 4.48. The first-order valence-corrected chi connectivity index (χ1v) is 8.32. The Hall–Kier alpha value is -2.07. The quantitative estimate of drug-likeness (QED) is 0.812. The lowest BCUT2D eigenvalue weighted by Gasteiger charge is -2.23. The van der Waals surface area contributed by atoms with Crippen LogP contribution in [-0.2, 0) is 14.6 Å². The summed E-state index contributed by atoms with van der Waals surface area (Å²) in [5.41, 5.74) is 0.516. The number of nitriles is 1. The first kappa shape index (κ1) is 15.3. The molecular formula is C14H16N2O4S. The number of ether oxygens (including phenoxy) is 1. The van der Waals surface area contributed by atoms with Crippen LogP contribution in [-0.4, -0.2) is 50.4 Å². The fourth-order valence-corrected chi connectivity index (χ4v) is 3.93. The van der Waals surface area contributed by atoms with Gasteiger partial charge in [-0.05, 0) is 30.7 Å². The minimum atomic E-state index is -3.01. The molecule has 1 aliphatic heterocycles. The van der Waals surface area contributed by atoms with Gasteiger partial charge in [-0.15, -0.1) is 0 Å². The number of hydrogen-bond donors (Lipinski definition) is 0. The molecule has 0 spiro atoms. The van der Waals surface area contributed by atoms with Gasteiger partial charge in [-0.25, -0.2) is 8.42 Å². The van der Waals surface area contributed by atoms with Crippen LogP contribution in [0, 0.1) is 11.3 Å². The largest absolute Gasteiger partial charge is 0.484 e. The van der Waals surface area contributed by atoms with Gasteiger partial charge in [0.2, 0.25) is 0 Å². The summed E-state index contributed by atoms with van der Waals surface area (Å²) in [6.07, 6.45) is 0.474. The third-order valence-electron chi connectivity index (χ3n) is 3.50. The molecule has 1 aromatic carbocycles. The van der Waals surface area contributed by atoms with Crippen molar-refractivity contribution in [3.8, 4) is 11.8 Å². The van der Waals surface area contributed by atoms with Crippen LogP contribution >= 0.6 is 0 Å². The van der Waals surface area contributed by atoms with E-state index in [9.17, 15) is 13.2 Å². The summed E-state index contributed by atoms with van der Waals surface area (Å²) in [4.78, 5) is 13.4. The predicted molar refractivity (Wildman–Crippen MR) is 76.5 cm³/mol. The predicted octanol–water partition coefficient (Wildman–Crippen LogP) is 0.583. The lowest BCUT2D eigenvalue weighted by molar-refractivity contribution is -0.133. The highest BCUT2D eigenvalue weighted by Gasteiger charge is 2.32. The maximum absolute atomic E-state index is 12.0. The Labute approximate surface area is 123 Å². The summed E-state index contributed by atoms with van der Waals surface area (Å²) >= 11 is 0. The number of hydrogen-bond acceptors (Lipinski definition) is 5. The van der Waals surface area contributed by atoms with E-state index >= 15 is 0 Å². The molecule has 0 radical (unpaired) electrons. The van der Waals surface area contributed by atoms with Gasteiger partial charge in [-0.2, -0.15) is 5.26 Å². The molecule has 0 aliphatic carbocycles. The molecule has 7 heteroatoms. The molecule has 0 saturated carbocycles. The van der Waals surface area contributed by atoms with Crippen LogP contribution in [0.25, 0.3) is 0 Å². The lowest BCUT2D eigenvalue weighted by Crippen LogP contribution is -2.40. The van der Waals surface area contributed by atoms with E-state index in [1.165, 1.54) is 4.90 Å². The topological polar surface area (TPSA) is 87.5 Å². The maximum Gasteiger partial charge on any atom is 0.260 e. The number of amides is 1. The van der Waals surface area contributed by atoms with Gasteiger partial charge in [-0.1, -0.05) is 0 Å². The highest BCUT2D eigenvalue weighted by molar-refractivity contribution is 7.91. The number of rotatable bonds is 4. The van der Waals surface area contributed by atoms with E-state index in [1.54, 1.807) is 31.3 Å². The average molecular weight is 308 g/mol. The Morgan fingerprint density at radius 2 is 2.10 bits per heavy atom. The lowest BCUT2D eigenvalue weighted by atomic mass is 10.2. The fraction of sp³-hybridized carbons (Fsp3) is 0.429. The first-order chi connectivity index (χ1) is 9.91. The van der Waals surface area contributed by atoms with Crippen molar-refractivity contribution in [1.82, 2.24) is 4.90 Å². The molecule has 1 fully saturated rings. The zero-order valence-electron chi connectivity index (χ0n) is 11.7. The van der Waals surface area contributed by atoms with Crippen molar-refractivity contribution in [2.24, 2.45) is 0 Å². The van der Waals surface area contributed by atoms with E-state index in [0.29, 0.717) is 17.7 Å². The molecule has 0 aromatic heterocycles. The van der Waals surface area contributed by atoms with E-state index < -0.39 is 9.84 Å². The van der Waals surface area contributed by atoms with Crippen LogP contribution in [0.15, 0.2) is 24.3 Å². The van der Waals surface area contributed by atoms with E-state index in [4.69, 9.17) is 10.00 Å². The molecule has 2 rings (SSSR count). The standard InChI is InChI=1S/C14H16N2O4S/c1-16(12-6-7-21(18,19)10-12)14(17)9-20-13-4-2-11(8-15)3-5-13/h2-5,12H,6-7,9-10H2,1H3. The minimum absolute atomic E-state index is 0.0199. The zero-order valence-corrected chi connectivity index (χ0v) is 12.5. The smallest absolute Gasteiger partial charge is 0.260 e. The third kappa shape index (κ3) is 3.95. The van der Waals surface area contributed by atoms with Gasteiger partial charge in [-0.3, -0.25) is 4.79 Å². The van der Waals surface area contributed by atoms with Crippen molar-refractivity contribution >= 4 is 15.7 Å². The van der Waals surface area contributed by atoms with Gasteiger partial charge < -0.3 is 9.64 Å². The van der Waals surface area contributed by atoms with Crippen molar-refractivity contribution in [3.05, 3.63) is 29.8 Å². The molecule has 1 unspecified atom stereocenters. The van der Waals surface area contributed by atoms with Gasteiger partial charge in [0.15, 0.2) is 16.4 Å². The molecule has 1 aromatic rings. The maximum atomic E-state index is 12.0. The van der Waals surface area contributed by atoms with Crippen molar-refractivity contribution in [2.45, 2.75) is 12.5 Å². The summed E-state index contributed by atoms with van der Waals surface area (Å²) < 4.78 is 28.2. The highest BCUT2D eigenvalue weighted by Crippen LogP contribution is 2.17. The highest BCUT2D eigenvalue weighted by atomic mass is 32.2. The molecule has 1 saturated heterocycles. The van der Waals surface area contributed by atoms with Gasteiger partial charge in [0, 0.05) is 13.1 Å². The Morgan fingerprint density at radius 1 is 1.43 bits per heavy atom. The van der Waals surface area contributed by atoms with Crippen molar-refractivity contribution < 1.29 is 17.9 Å². The number of carbonyl (C=O) groups is 1. The molecule has 21 heavy (non-hydrogen) atoms. The SMILES string of the molecule is CN(C(=O)COc1ccc(C#N)cc1)C1CCS(=O)(=O)C1. The normalized spacial score (nSPS) is 19.7. The summed E-state index contributed by atoms with van der Waals surface area (Å²) in [6.45, 7) is -0.154. The number of nitrogens with zero attached hydrogens (tertiary/aromatic N) is 2. The minimum Gasteiger partial charge on any atom is -0.484 e. The fourth-order valence-electron chi connectivity index (χ4n) is 2.16. The second-order valence-corrected chi connectivity index (χ2v) is 7.22. The Balaban J connectivity index is 1.88. The van der Waals surface area contributed by atoms with Gasteiger partial charge in [0.05, 0.1) is 23.1 Å². The Morgan fingerprint density at radius 3 is 2.62 bits per heavy atom. The van der Waals surface area contributed by atoms with Crippen LogP contribution in [0.4, 0.5) is 0 Å². The summed E-state index contributed by atoms with van der Waals surface area (Å²) in [7, 11) is -1.42. The molecule has 6 nitrogen and oxygen atoms in total. The van der Waals surface area contributed by atoms with Crippen molar-refractivity contribution in [2.75, 3.05) is 25.2 Å². The molecule has 1 amide bonds. The molecule has 0 bridgehead atoms.